The maximum atomic E-state index is 4.19. The third kappa shape index (κ3) is 1.52. The lowest BCUT2D eigenvalue weighted by molar-refractivity contribution is 1.08. The van der Waals surface area contributed by atoms with Gasteiger partial charge in [0.1, 0.15) is 0 Å². The maximum Gasteiger partial charge on any atom is 0.0951 e. The molecule has 0 atom stereocenters. The third-order valence-electron chi connectivity index (χ3n) is 2.45. The predicted octanol–water partition coefficient (Wildman–Crippen LogP) is 2.69. The van der Waals surface area contributed by atoms with Crippen molar-refractivity contribution >= 4 is 10.9 Å². The van der Waals surface area contributed by atoms with Crippen LogP contribution >= 0.6 is 0 Å². The molecule has 3 heteroatoms. The van der Waals surface area contributed by atoms with E-state index in [0.29, 0.717) is 0 Å². The molecule has 3 rings (SSSR count). The quantitative estimate of drug-likeness (QED) is 0.615. The van der Waals surface area contributed by atoms with E-state index in [-0.39, 0.29) is 0 Å². The molecule has 3 aromatic rings. The zero-order chi connectivity index (χ0) is 10.8. The second-order valence-corrected chi connectivity index (χ2v) is 3.53. The molecule has 0 bridgehead atoms. The first-order valence-corrected chi connectivity index (χ1v) is 5.06. The number of hydrogen-bond donors (Lipinski definition) is 0. The minimum atomic E-state index is 0.854. The SMILES string of the molecule is c1cncc(-c2cc3ccccc3nn2)c1. The van der Waals surface area contributed by atoms with Crippen LogP contribution in [0.15, 0.2) is 54.9 Å². The summed E-state index contributed by atoms with van der Waals surface area (Å²) in [5.41, 5.74) is 2.75. The first kappa shape index (κ1) is 8.97. The molecule has 3 nitrogen and oxygen atoms in total. The summed E-state index contributed by atoms with van der Waals surface area (Å²) in [6.07, 6.45) is 3.54. The van der Waals surface area contributed by atoms with Gasteiger partial charge in [0.05, 0.1) is 11.2 Å². The zero-order valence-corrected chi connectivity index (χ0v) is 8.54. The smallest absolute Gasteiger partial charge is 0.0951 e. The second kappa shape index (κ2) is 3.70. The Morgan fingerprint density at radius 3 is 2.69 bits per heavy atom. The van der Waals surface area contributed by atoms with Crippen molar-refractivity contribution in [1.29, 1.82) is 0 Å². The van der Waals surface area contributed by atoms with Crippen LogP contribution in [0.5, 0.6) is 0 Å². The van der Waals surface area contributed by atoms with Crippen LogP contribution in [0.4, 0.5) is 0 Å². The predicted molar refractivity (Wildman–Crippen MR) is 62.8 cm³/mol. The lowest BCUT2D eigenvalue weighted by Gasteiger charge is -2.00. The highest BCUT2D eigenvalue weighted by Gasteiger charge is 2.01. The van der Waals surface area contributed by atoms with E-state index in [4.69, 9.17) is 0 Å². The molecule has 2 heterocycles. The number of nitrogens with zero attached hydrogens (tertiary/aromatic N) is 3. The number of hydrogen-bond acceptors (Lipinski definition) is 3. The van der Waals surface area contributed by atoms with Crippen LogP contribution in [0, 0.1) is 0 Å². The first-order chi connectivity index (χ1) is 7.93. The van der Waals surface area contributed by atoms with Gasteiger partial charge in [-0.05, 0) is 24.3 Å². The third-order valence-corrected chi connectivity index (χ3v) is 2.45. The van der Waals surface area contributed by atoms with Crippen LogP contribution in [0.25, 0.3) is 22.2 Å². The van der Waals surface area contributed by atoms with Gasteiger partial charge in [-0.15, -0.1) is 10.2 Å². The Balaban J connectivity index is 2.19. The Morgan fingerprint density at radius 1 is 0.875 bits per heavy atom. The van der Waals surface area contributed by atoms with Crippen molar-refractivity contribution in [2.75, 3.05) is 0 Å². The van der Waals surface area contributed by atoms with Gasteiger partial charge in [0.2, 0.25) is 0 Å². The minimum Gasteiger partial charge on any atom is -0.264 e. The lowest BCUT2D eigenvalue weighted by atomic mass is 10.1. The van der Waals surface area contributed by atoms with Gasteiger partial charge in [0.25, 0.3) is 0 Å². The normalized spacial score (nSPS) is 10.5. The fourth-order valence-corrected chi connectivity index (χ4v) is 1.64. The molecule has 0 fully saturated rings. The van der Waals surface area contributed by atoms with Crippen LogP contribution in [0.1, 0.15) is 0 Å². The molecule has 0 aliphatic heterocycles. The van der Waals surface area contributed by atoms with E-state index in [1.54, 1.807) is 12.4 Å². The minimum absolute atomic E-state index is 0.854. The summed E-state index contributed by atoms with van der Waals surface area (Å²) in [4.78, 5) is 4.07. The van der Waals surface area contributed by atoms with Gasteiger partial charge in [-0.1, -0.05) is 18.2 Å². The van der Waals surface area contributed by atoms with Crippen molar-refractivity contribution in [3.05, 3.63) is 54.9 Å². The van der Waals surface area contributed by atoms with E-state index in [9.17, 15) is 0 Å². The van der Waals surface area contributed by atoms with E-state index >= 15 is 0 Å². The molecule has 0 aliphatic carbocycles. The average Bonchev–Trinajstić information content (AvgIpc) is 2.39. The van der Waals surface area contributed by atoms with E-state index in [2.05, 4.69) is 15.2 Å². The fraction of sp³-hybridized carbons (Fsp3) is 0. The first-order valence-electron chi connectivity index (χ1n) is 5.06. The van der Waals surface area contributed by atoms with Gasteiger partial charge in [-0.2, -0.15) is 0 Å². The molecule has 0 saturated carbocycles. The topological polar surface area (TPSA) is 38.7 Å². The van der Waals surface area contributed by atoms with E-state index in [1.807, 2.05) is 42.5 Å². The van der Waals surface area contributed by atoms with Gasteiger partial charge in [-0.25, -0.2) is 0 Å². The summed E-state index contributed by atoms with van der Waals surface area (Å²) < 4.78 is 0. The summed E-state index contributed by atoms with van der Waals surface area (Å²) in [7, 11) is 0. The molecule has 0 aliphatic rings. The van der Waals surface area contributed by atoms with Gasteiger partial charge < -0.3 is 0 Å². The standard InChI is InChI=1S/C13H9N3/c1-2-6-12-10(4-1)8-13(16-15-12)11-5-3-7-14-9-11/h1-9H. The molecule has 0 radical (unpaired) electrons. The van der Waals surface area contributed by atoms with Crippen LogP contribution in [-0.4, -0.2) is 15.2 Å². The van der Waals surface area contributed by atoms with Crippen LogP contribution in [-0.2, 0) is 0 Å². The molecular formula is C13H9N3. The Labute approximate surface area is 92.8 Å². The average molecular weight is 207 g/mol. The highest BCUT2D eigenvalue weighted by Crippen LogP contribution is 2.18. The molecule has 0 spiro atoms. The zero-order valence-electron chi connectivity index (χ0n) is 8.54. The number of pyridine rings is 1. The highest BCUT2D eigenvalue weighted by molar-refractivity contribution is 5.81. The molecule has 0 saturated heterocycles. The number of benzene rings is 1. The van der Waals surface area contributed by atoms with Crippen LogP contribution in [0.2, 0.25) is 0 Å². The van der Waals surface area contributed by atoms with E-state index in [0.717, 1.165) is 22.2 Å². The van der Waals surface area contributed by atoms with Crippen molar-refractivity contribution in [2.45, 2.75) is 0 Å². The van der Waals surface area contributed by atoms with Gasteiger partial charge in [-0.3, -0.25) is 4.98 Å². The lowest BCUT2D eigenvalue weighted by Crippen LogP contribution is -1.89. The Hall–Kier alpha value is -2.29. The summed E-state index contributed by atoms with van der Waals surface area (Å²) in [5, 5.41) is 9.46. The van der Waals surface area contributed by atoms with Crippen LogP contribution < -0.4 is 0 Å². The molecule has 0 N–H and O–H groups in total. The number of rotatable bonds is 1. The highest BCUT2D eigenvalue weighted by atomic mass is 15.1. The summed E-state index contributed by atoms with van der Waals surface area (Å²) in [6, 6.07) is 13.8. The van der Waals surface area contributed by atoms with Gasteiger partial charge in [0, 0.05) is 23.3 Å². The van der Waals surface area contributed by atoms with E-state index < -0.39 is 0 Å². The summed E-state index contributed by atoms with van der Waals surface area (Å²) >= 11 is 0. The molecule has 1 aromatic carbocycles. The molecule has 76 valence electrons. The van der Waals surface area contributed by atoms with Crippen molar-refractivity contribution in [2.24, 2.45) is 0 Å². The monoisotopic (exact) mass is 207 g/mol. The molecule has 0 amide bonds. The fourth-order valence-electron chi connectivity index (χ4n) is 1.64. The van der Waals surface area contributed by atoms with Gasteiger partial charge in [0.15, 0.2) is 0 Å². The molecule has 16 heavy (non-hydrogen) atoms. The number of fused-ring (bicyclic) bond motifs is 1. The second-order valence-electron chi connectivity index (χ2n) is 3.53. The van der Waals surface area contributed by atoms with Crippen molar-refractivity contribution in [3.8, 4) is 11.3 Å². The van der Waals surface area contributed by atoms with Crippen molar-refractivity contribution in [3.63, 3.8) is 0 Å². The molecule has 0 unspecified atom stereocenters. The molecule has 2 aromatic heterocycles. The van der Waals surface area contributed by atoms with Crippen molar-refractivity contribution in [1.82, 2.24) is 15.2 Å². The maximum absolute atomic E-state index is 4.19. The van der Waals surface area contributed by atoms with Gasteiger partial charge >= 0.3 is 0 Å². The summed E-state index contributed by atoms with van der Waals surface area (Å²) in [5.74, 6) is 0. The Kier molecular flexibility index (Phi) is 2.07. The van der Waals surface area contributed by atoms with Crippen LogP contribution in [0.3, 0.4) is 0 Å². The molecular weight excluding hydrogens is 198 g/mol. The Bertz CT molecular complexity index is 620. The van der Waals surface area contributed by atoms with E-state index in [1.165, 1.54) is 0 Å². The summed E-state index contributed by atoms with van der Waals surface area (Å²) in [6.45, 7) is 0. The number of aromatic nitrogens is 3. The van der Waals surface area contributed by atoms with Crippen molar-refractivity contribution < 1.29 is 0 Å². The Morgan fingerprint density at radius 2 is 1.81 bits per heavy atom. The largest absolute Gasteiger partial charge is 0.264 e.